The Kier molecular flexibility index (Phi) is 4.41. The van der Waals surface area contributed by atoms with Gasteiger partial charge in [-0.1, -0.05) is 36.8 Å². The monoisotopic (exact) mass is 259 g/mol. The average Bonchev–Trinajstić information content (AvgIpc) is 2.95. The number of ketones is 1. The van der Waals surface area contributed by atoms with Crippen LogP contribution < -0.4 is 0 Å². The smallest absolute Gasteiger partial charge is 0.157 e. The molecule has 1 unspecified atom stereocenters. The Labute approximate surface area is 116 Å². The van der Waals surface area contributed by atoms with Gasteiger partial charge in [-0.25, -0.2) is 0 Å². The third kappa shape index (κ3) is 3.06. The highest BCUT2D eigenvalue weighted by molar-refractivity contribution is 5.89. The fraction of sp³-hybridized carbons (Fsp3) is 0.588. The molecule has 1 aromatic rings. The summed E-state index contributed by atoms with van der Waals surface area (Å²) in [5.41, 5.74) is 2.10. The summed E-state index contributed by atoms with van der Waals surface area (Å²) in [7, 11) is 0. The molecule has 1 aliphatic rings. The van der Waals surface area contributed by atoms with Gasteiger partial charge in [0.15, 0.2) is 5.78 Å². The summed E-state index contributed by atoms with van der Waals surface area (Å²) in [6, 6.07) is 8.32. The number of nitrogens with zero attached hydrogens (tertiary/aromatic N) is 1. The van der Waals surface area contributed by atoms with E-state index in [9.17, 15) is 4.79 Å². The SMILES string of the molecule is CCC(C)(C(=O)Cc1ccc(C)cc1)N1CCCC1. The van der Waals surface area contributed by atoms with E-state index < -0.39 is 0 Å². The number of rotatable bonds is 5. The molecule has 1 aliphatic heterocycles. The summed E-state index contributed by atoms with van der Waals surface area (Å²) >= 11 is 0. The maximum absolute atomic E-state index is 12.7. The maximum atomic E-state index is 12.7. The van der Waals surface area contributed by atoms with Gasteiger partial charge >= 0.3 is 0 Å². The Balaban J connectivity index is 2.10. The summed E-state index contributed by atoms with van der Waals surface area (Å²) in [5.74, 6) is 0.362. The molecule has 1 fully saturated rings. The molecule has 1 heterocycles. The molecule has 2 rings (SSSR count). The summed E-state index contributed by atoms with van der Waals surface area (Å²) in [6.07, 6.45) is 3.92. The standard InChI is InChI=1S/C17H25NO/c1-4-17(3,18-11-5-6-12-18)16(19)13-15-9-7-14(2)8-10-15/h7-10H,4-6,11-13H2,1-3H3. The topological polar surface area (TPSA) is 20.3 Å². The second kappa shape index (κ2) is 5.87. The lowest BCUT2D eigenvalue weighted by atomic mass is 9.87. The minimum Gasteiger partial charge on any atom is -0.297 e. The Bertz CT molecular complexity index is 431. The molecule has 1 saturated heterocycles. The highest BCUT2D eigenvalue weighted by Gasteiger charge is 2.38. The number of hydrogen-bond donors (Lipinski definition) is 0. The third-order valence-corrected chi connectivity index (χ3v) is 4.58. The number of likely N-dealkylation sites (tertiary alicyclic amines) is 1. The van der Waals surface area contributed by atoms with E-state index in [0.717, 1.165) is 25.1 Å². The number of Topliss-reactive ketones (excluding diaryl/α,β-unsaturated/α-hetero) is 1. The third-order valence-electron chi connectivity index (χ3n) is 4.58. The molecule has 0 radical (unpaired) electrons. The fourth-order valence-electron chi connectivity index (χ4n) is 2.89. The molecule has 1 atom stereocenters. The van der Waals surface area contributed by atoms with E-state index in [1.165, 1.54) is 18.4 Å². The Morgan fingerprint density at radius 2 is 1.79 bits per heavy atom. The van der Waals surface area contributed by atoms with Crippen LogP contribution in [0.15, 0.2) is 24.3 Å². The predicted molar refractivity (Wildman–Crippen MR) is 79.4 cm³/mol. The second-order valence-corrected chi connectivity index (χ2v) is 5.91. The van der Waals surface area contributed by atoms with Crippen molar-refractivity contribution < 1.29 is 4.79 Å². The molecule has 0 N–H and O–H groups in total. The van der Waals surface area contributed by atoms with Crippen molar-refractivity contribution >= 4 is 5.78 Å². The molecular formula is C17H25NO. The van der Waals surface area contributed by atoms with Gasteiger partial charge < -0.3 is 0 Å². The van der Waals surface area contributed by atoms with Crippen molar-refractivity contribution in [3.63, 3.8) is 0 Å². The summed E-state index contributed by atoms with van der Waals surface area (Å²) < 4.78 is 0. The Morgan fingerprint density at radius 3 is 2.32 bits per heavy atom. The molecule has 2 heteroatoms. The van der Waals surface area contributed by atoms with Crippen LogP contribution in [0.2, 0.25) is 0 Å². The Hall–Kier alpha value is -1.15. The van der Waals surface area contributed by atoms with Gasteiger partial charge in [0.1, 0.15) is 0 Å². The Morgan fingerprint density at radius 1 is 1.21 bits per heavy atom. The van der Waals surface area contributed by atoms with E-state index in [1.54, 1.807) is 0 Å². The van der Waals surface area contributed by atoms with Crippen LogP contribution in [0, 0.1) is 6.92 Å². The van der Waals surface area contributed by atoms with Crippen LogP contribution in [0.3, 0.4) is 0 Å². The first-order chi connectivity index (χ1) is 9.06. The van der Waals surface area contributed by atoms with E-state index in [-0.39, 0.29) is 5.54 Å². The summed E-state index contributed by atoms with van der Waals surface area (Å²) in [4.78, 5) is 15.1. The van der Waals surface area contributed by atoms with Crippen molar-refractivity contribution in [2.24, 2.45) is 0 Å². The lowest BCUT2D eigenvalue weighted by Gasteiger charge is -2.36. The van der Waals surface area contributed by atoms with Crippen molar-refractivity contribution in [2.75, 3.05) is 13.1 Å². The van der Waals surface area contributed by atoms with E-state index in [1.807, 2.05) is 0 Å². The van der Waals surface area contributed by atoms with Crippen LogP contribution in [0.5, 0.6) is 0 Å². The van der Waals surface area contributed by atoms with E-state index in [4.69, 9.17) is 0 Å². The van der Waals surface area contributed by atoms with Crippen molar-refractivity contribution in [3.8, 4) is 0 Å². The molecule has 0 spiro atoms. The van der Waals surface area contributed by atoms with Crippen molar-refractivity contribution in [1.29, 1.82) is 0 Å². The molecule has 0 aromatic heterocycles. The number of carbonyl (C=O) groups excluding carboxylic acids is 1. The van der Waals surface area contributed by atoms with Crippen LogP contribution in [0.25, 0.3) is 0 Å². The minimum absolute atomic E-state index is 0.276. The van der Waals surface area contributed by atoms with Gasteiger partial charge in [0, 0.05) is 6.42 Å². The molecule has 1 aromatic carbocycles. The molecule has 19 heavy (non-hydrogen) atoms. The molecule has 2 nitrogen and oxygen atoms in total. The van der Waals surface area contributed by atoms with Crippen molar-refractivity contribution in [3.05, 3.63) is 35.4 Å². The molecule has 0 amide bonds. The van der Waals surface area contributed by atoms with Crippen molar-refractivity contribution in [2.45, 2.75) is 52.0 Å². The van der Waals surface area contributed by atoms with Gasteiger partial charge in [-0.2, -0.15) is 0 Å². The molecule has 104 valence electrons. The van der Waals surface area contributed by atoms with E-state index in [2.05, 4.69) is 49.9 Å². The zero-order chi connectivity index (χ0) is 13.9. The second-order valence-electron chi connectivity index (χ2n) is 5.91. The van der Waals surface area contributed by atoms with Gasteiger partial charge in [0.2, 0.25) is 0 Å². The number of aryl methyl sites for hydroxylation is 1. The van der Waals surface area contributed by atoms with Gasteiger partial charge in [0.25, 0.3) is 0 Å². The number of carbonyl (C=O) groups is 1. The van der Waals surface area contributed by atoms with Crippen molar-refractivity contribution in [1.82, 2.24) is 4.90 Å². The van der Waals surface area contributed by atoms with E-state index >= 15 is 0 Å². The molecule has 0 aliphatic carbocycles. The summed E-state index contributed by atoms with van der Waals surface area (Å²) in [5, 5.41) is 0. The molecular weight excluding hydrogens is 234 g/mol. The van der Waals surface area contributed by atoms with E-state index in [0.29, 0.717) is 12.2 Å². The maximum Gasteiger partial charge on any atom is 0.157 e. The van der Waals surface area contributed by atoms with Crippen LogP contribution >= 0.6 is 0 Å². The normalized spacial score (nSPS) is 19.3. The highest BCUT2D eigenvalue weighted by atomic mass is 16.1. The molecule has 0 saturated carbocycles. The van der Waals surface area contributed by atoms with Gasteiger partial charge in [-0.05, 0) is 51.8 Å². The minimum atomic E-state index is -0.276. The zero-order valence-corrected chi connectivity index (χ0v) is 12.4. The fourth-order valence-corrected chi connectivity index (χ4v) is 2.89. The number of benzene rings is 1. The van der Waals surface area contributed by atoms with Crippen LogP contribution in [-0.2, 0) is 11.2 Å². The van der Waals surface area contributed by atoms with Crippen LogP contribution in [-0.4, -0.2) is 29.3 Å². The number of hydrogen-bond acceptors (Lipinski definition) is 2. The quantitative estimate of drug-likeness (QED) is 0.808. The van der Waals surface area contributed by atoms with Crippen LogP contribution in [0.1, 0.15) is 44.2 Å². The van der Waals surface area contributed by atoms with Gasteiger partial charge in [-0.3, -0.25) is 9.69 Å². The molecule has 0 bridgehead atoms. The highest BCUT2D eigenvalue weighted by Crippen LogP contribution is 2.26. The van der Waals surface area contributed by atoms with Crippen LogP contribution in [0.4, 0.5) is 0 Å². The first kappa shape index (κ1) is 14.3. The zero-order valence-electron chi connectivity index (χ0n) is 12.4. The lowest BCUT2D eigenvalue weighted by molar-refractivity contribution is -0.129. The predicted octanol–water partition coefficient (Wildman–Crippen LogP) is 3.37. The largest absolute Gasteiger partial charge is 0.297 e. The first-order valence-corrected chi connectivity index (χ1v) is 7.40. The average molecular weight is 259 g/mol. The van der Waals surface area contributed by atoms with Gasteiger partial charge in [0.05, 0.1) is 5.54 Å². The first-order valence-electron chi connectivity index (χ1n) is 7.40. The summed E-state index contributed by atoms with van der Waals surface area (Å²) in [6.45, 7) is 8.47. The lowest BCUT2D eigenvalue weighted by Crippen LogP contribution is -2.51. The van der Waals surface area contributed by atoms with Gasteiger partial charge in [-0.15, -0.1) is 0 Å².